The summed E-state index contributed by atoms with van der Waals surface area (Å²) in [5, 5.41) is 11.5. The highest BCUT2D eigenvalue weighted by Gasteiger charge is 2.09. The molecule has 5 heteroatoms. The van der Waals surface area contributed by atoms with Crippen LogP contribution in [0.2, 0.25) is 0 Å². The number of hydrogen-bond donors (Lipinski definition) is 2. The van der Waals surface area contributed by atoms with Crippen molar-refractivity contribution in [3.05, 3.63) is 59.7 Å². The van der Waals surface area contributed by atoms with Crippen LogP contribution in [0, 0.1) is 0 Å². The maximum Gasteiger partial charge on any atom is 0.307 e. The van der Waals surface area contributed by atoms with Crippen LogP contribution in [0.15, 0.2) is 48.5 Å². The molecule has 0 unspecified atom stereocenters. The van der Waals surface area contributed by atoms with Crippen molar-refractivity contribution in [1.29, 1.82) is 0 Å². The molecule has 2 aromatic carbocycles. The van der Waals surface area contributed by atoms with E-state index < -0.39 is 5.97 Å². The number of aliphatic carboxylic acids is 1. The number of carboxylic acids is 1. The van der Waals surface area contributed by atoms with Crippen molar-refractivity contribution >= 4 is 17.6 Å². The number of amides is 1. The van der Waals surface area contributed by atoms with Crippen molar-refractivity contribution in [2.24, 2.45) is 0 Å². The second kappa shape index (κ2) is 8.15. The lowest BCUT2D eigenvalue weighted by atomic mass is 10.1. The molecule has 0 saturated carbocycles. The summed E-state index contributed by atoms with van der Waals surface area (Å²) in [4.78, 5) is 23.0. The molecule has 0 aliphatic rings. The molecule has 5 nitrogen and oxygen atoms in total. The van der Waals surface area contributed by atoms with Crippen molar-refractivity contribution in [3.63, 3.8) is 0 Å². The molecule has 2 N–H and O–H groups in total. The molecule has 2 aromatic rings. The van der Waals surface area contributed by atoms with Crippen LogP contribution >= 0.6 is 0 Å². The van der Waals surface area contributed by atoms with Gasteiger partial charge in [-0.15, -0.1) is 0 Å². The molecular formula is C19H21NO4. The average molecular weight is 327 g/mol. The number of carboxylic acid groups (broad SMARTS) is 1. The minimum Gasteiger partial charge on any atom is -0.491 e. The van der Waals surface area contributed by atoms with Gasteiger partial charge in [0.25, 0.3) is 5.91 Å². The Bertz CT molecular complexity index is 710. The van der Waals surface area contributed by atoms with Crippen LogP contribution in [0.5, 0.6) is 5.75 Å². The van der Waals surface area contributed by atoms with Gasteiger partial charge in [0.2, 0.25) is 0 Å². The molecule has 24 heavy (non-hydrogen) atoms. The fourth-order valence-electron chi connectivity index (χ4n) is 2.11. The van der Waals surface area contributed by atoms with Crippen molar-refractivity contribution in [3.8, 4) is 5.75 Å². The summed E-state index contributed by atoms with van der Waals surface area (Å²) in [6, 6.07) is 13.8. The normalized spacial score (nSPS) is 11.6. The minimum atomic E-state index is -0.884. The summed E-state index contributed by atoms with van der Waals surface area (Å²) in [6.07, 6.45) is 0.938. The van der Waals surface area contributed by atoms with E-state index in [1.165, 1.54) is 0 Å². The van der Waals surface area contributed by atoms with Crippen molar-refractivity contribution in [2.45, 2.75) is 32.8 Å². The Morgan fingerprint density at radius 2 is 1.88 bits per heavy atom. The quantitative estimate of drug-likeness (QED) is 0.812. The summed E-state index contributed by atoms with van der Waals surface area (Å²) in [7, 11) is 0. The van der Waals surface area contributed by atoms with E-state index in [1.807, 2.05) is 19.9 Å². The summed E-state index contributed by atoms with van der Waals surface area (Å²) in [5.74, 6) is -0.464. The van der Waals surface area contributed by atoms with E-state index in [4.69, 9.17) is 9.84 Å². The first-order chi connectivity index (χ1) is 11.5. The van der Waals surface area contributed by atoms with Crippen LogP contribution in [0.3, 0.4) is 0 Å². The van der Waals surface area contributed by atoms with Crippen LogP contribution in [0.4, 0.5) is 5.69 Å². The van der Waals surface area contributed by atoms with Gasteiger partial charge >= 0.3 is 5.97 Å². The lowest BCUT2D eigenvalue weighted by Gasteiger charge is -2.13. The Morgan fingerprint density at radius 1 is 1.17 bits per heavy atom. The van der Waals surface area contributed by atoms with Crippen LogP contribution in [0.1, 0.15) is 36.2 Å². The molecule has 0 spiro atoms. The third kappa shape index (κ3) is 5.12. The predicted octanol–water partition coefficient (Wildman–Crippen LogP) is 3.74. The van der Waals surface area contributed by atoms with Gasteiger partial charge in [-0.25, -0.2) is 0 Å². The third-order valence-corrected chi connectivity index (χ3v) is 3.58. The average Bonchev–Trinajstić information content (AvgIpc) is 2.56. The van der Waals surface area contributed by atoms with Gasteiger partial charge in [-0.3, -0.25) is 9.59 Å². The minimum absolute atomic E-state index is 0.0385. The fraction of sp³-hybridized carbons (Fsp3) is 0.263. The molecule has 0 fully saturated rings. The zero-order chi connectivity index (χ0) is 17.5. The number of ether oxygens (including phenoxy) is 1. The Balaban J connectivity index is 2.04. The van der Waals surface area contributed by atoms with E-state index in [0.29, 0.717) is 22.6 Å². The zero-order valence-electron chi connectivity index (χ0n) is 13.8. The molecule has 0 aromatic heterocycles. The number of nitrogens with one attached hydrogen (secondary N) is 1. The molecule has 0 radical (unpaired) electrons. The molecule has 0 aliphatic heterocycles. The van der Waals surface area contributed by atoms with Crippen molar-refractivity contribution < 1.29 is 19.4 Å². The summed E-state index contributed by atoms with van der Waals surface area (Å²) < 4.78 is 5.72. The van der Waals surface area contributed by atoms with Gasteiger partial charge in [-0.1, -0.05) is 25.1 Å². The fourth-order valence-corrected chi connectivity index (χ4v) is 2.11. The van der Waals surface area contributed by atoms with Gasteiger partial charge in [-0.2, -0.15) is 0 Å². The number of carbonyl (C=O) groups is 2. The van der Waals surface area contributed by atoms with Crippen LogP contribution in [-0.4, -0.2) is 23.1 Å². The molecule has 0 saturated heterocycles. The topological polar surface area (TPSA) is 75.6 Å². The highest BCUT2D eigenvalue weighted by atomic mass is 16.5. The van der Waals surface area contributed by atoms with Gasteiger partial charge in [-0.05, 0) is 49.2 Å². The highest BCUT2D eigenvalue weighted by molar-refractivity contribution is 6.04. The molecule has 0 heterocycles. The Hall–Kier alpha value is -2.82. The first-order valence-corrected chi connectivity index (χ1v) is 7.86. The molecule has 0 bridgehead atoms. The maximum atomic E-state index is 12.3. The largest absolute Gasteiger partial charge is 0.491 e. The van der Waals surface area contributed by atoms with Gasteiger partial charge in [0, 0.05) is 11.3 Å². The van der Waals surface area contributed by atoms with Crippen LogP contribution in [-0.2, 0) is 11.2 Å². The number of rotatable bonds is 7. The summed E-state index contributed by atoms with van der Waals surface area (Å²) in [6.45, 7) is 4.01. The zero-order valence-corrected chi connectivity index (χ0v) is 13.8. The molecule has 2 rings (SSSR count). The van der Waals surface area contributed by atoms with Gasteiger partial charge in [0.1, 0.15) is 5.75 Å². The molecule has 1 atom stereocenters. The van der Waals surface area contributed by atoms with E-state index >= 15 is 0 Å². The van der Waals surface area contributed by atoms with Gasteiger partial charge in [0.05, 0.1) is 12.5 Å². The van der Waals surface area contributed by atoms with Gasteiger partial charge < -0.3 is 15.2 Å². The smallest absolute Gasteiger partial charge is 0.307 e. The first-order valence-electron chi connectivity index (χ1n) is 7.86. The molecule has 1 amide bonds. The van der Waals surface area contributed by atoms with E-state index in [9.17, 15) is 9.59 Å². The predicted molar refractivity (Wildman–Crippen MR) is 92.6 cm³/mol. The van der Waals surface area contributed by atoms with Crippen LogP contribution < -0.4 is 10.1 Å². The molecule has 0 aliphatic carbocycles. The highest BCUT2D eigenvalue weighted by Crippen LogP contribution is 2.18. The Kier molecular flexibility index (Phi) is 5.95. The van der Waals surface area contributed by atoms with E-state index in [-0.39, 0.29) is 18.4 Å². The molecular weight excluding hydrogens is 306 g/mol. The van der Waals surface area contributed by atoms with Crippen LogP contribution in [0.25, 0.3) is 0 Å². The monoisotopic (exact) mass is 327 g/mol. The second-order valence-electron chi connectivity index (χ2n) is 5.59. The number of benzene rings is 2. The lowest BCUT2D eigenvalue weighted by molar-refractivity contribution is -0.136. The van der Waals surface area contributed by atoms with Gasteiger partial charge in [0.15, 0.2) is 0 Å². The number of hydrogen-bond acceptors (Lipinski definition) is 3. The summed E-state index contributed by atoms with van der Waals surface area (Å²) >= 11 is 0. The number of anilines is 1. The number of carbonyl (C=O) groups excluding carboxylic acids is 1. The van der Waals surface area contributed by atoms with E-state index in [2.05, 4.69) is 5.32 Å². The Labute approximate surface area is 141 Å². The van der Waals surface area contributed by atoms with E-state index in [1.54, 1.807) is 42.5 Å². The standard InChI is InChI=1S/C19H21NO4/c1-3-13(2)24-17-6-4-5-15(12-17)19(23)20-16-9-7-14(8-10-16)11-18(21)22/h4-10,12-13H,3,11H2,1-2H3,(H,20,23)(H,21,22)/t13-/m0/s1. The molecule has 126 valence electrons. The third-order valence-electron chi connectivity index (χ3n) is 3.58. The van der Waals surface area contributed by atoms with Crippen molar-refractivity contribution in [2.75, 3.05) is 5.32 Å². The van der Waals surface area contributed by atoms with Crippen molar-refractivity contribution in [1.82, 2.24) is 0 Å². The Morgan fingerprint density at radius 3 is 2.50 bits per heavy atom. The first kappa shape index (κ1) is 17.5. The second-order valence-corrected chi connectivity index (χ2v) is 5.59. The maximum absolute atomic E-state index is 12.3. The SMILES string of the molecule is CC[C@H](C)Oc1cccc(C(=O)Nc2ccc(CC(=O)O)cc2)c1. The lowest BCUT2D eigenvalue weighted by Crippen LogP contribution is -2.13. The summed E-state index contributed by atoms with van der Waals surface area (Å²) in [5.41, 5.74) is 1.80. The van der Waals surface area contributed by atoms with E-state index in [0.717, 1.165) is 6.42 Å².